The predicted octanol–water partition coefficient (Wildman–Crippen LogP) is 1.24. The van der Waals surface area contributed by atoms with E-state index >= 15 is 0 Å². The Bertz CT molecular complexity index is 394. The Hall–Kier alpha value is -1.10. The number of ether oxygens (including phenoxy) is 1. The van der Waals surface area contributed by atoms with E-state index in [2.05, 4.69) is 5.32 Å². The molecule has 5 heteroatoms. The van der Waals surface area contributed by atoms with Crippen molar-refractivity contribution in [1.82, 2.24) is 5.32 Å². The van der Waals surface area contributed by atoms with Gasteiger partial charge in [-0.3, -0.25) is 4.79 Å². The Labute approximate surface area is 105 Å². The first kappa shape index (κ1) is 12.4. The highest BCUT2D eigenvalue weighted by molar-refractivity contribution is 6.30. The van der Waals surface area contributed by atoms with Crippen molar-refractivity contribution < 1.29 is 9.53 Å². The monoisotopic (exact) mass is 254 g/mol. The Morgan fingerprint density at radius 2 is 2.06 bits per heavy atom. The molecule has 92 valence electrons. The second kappa shape index (κ2) is 5.49. The van der Waals surface area contributed by atoms with Crippen molar-refractivity contribution in [2.45, 2.75) is 18.5 Å². The average Bonchev–Trinajstić information content (AvgIpc) is 2.32. The Morgan fingerprint density at radius 1 is 1.35 bits per heavy atom. The lowest BCUT2D eigenvalue weighted by Crippen LogP contribution is -2.46. The summed E-state index contributed by atoms with van der Waals surface area (Å²) in [6.45, 7) is 1.20. The maximum absolute atomic E-state index is 11.6. The zero-order valence-electron chi connectivity index (χ0n) is 9.36. The summed E-state index contributed by atoms with van der Waals surface area (Å²) in [5.74, 6) is -0.364. The van der Waals surface area contributed by atoms with Gasteiger partial charge in [0.1, 0.15) is 6.04 Å². The largest absolute Gasteiger partial charge is 0.464 e. The summed E-state index contributed by atoms with van der Waals surface area (Å²) >= 11 is 5.83. The van der Waals surface area contributed by atoms with Crippen molar-refractivity contribution in [3.63, 3.8) is 0 Å². The molecule has 1 aromatic carbocycles. The molecule has 1 saturated heterocycles. The van der Waals surface area contributed by atoms with Gasteiger partial charge >= 0.3 is 5.97 Å². The van der Waals surface area contributed by atoms with Crippen LogP contribution < -0.4 is 11.1 Å². The third-order valence-corrected chi connectivity index (χ3v) is 3.04. The first-order chi connectivity index (χ1) is 8.18. The van der Waals surface area contributed by atoms with Crippen molar-refractivity contribution >= 4 is 17.6 Å². The van der Waals surface area contributed by atoms with Crippen LogP contribution in [0.2, 0.25) is 5.02 Å². The van der Waals surface area contributed by atoms with Gasteiger partial charge in [-0.15, -0.1) is 0 Å². The van der Waals surface area contributed by atoms with Crippen LogP contribution in [0, 0.1) is 0 Å². The molecule has 1 aliphatic rings. The van der Waals surface area contributed by atoms with Gasteiger partial charge in [-0.25, -0.2) is 0 Å². The van der Waals surface area contributed by atoms with Crippen molar-refractivity contribution in [3.05, 3.63) is 34.9 Å². The number of cyclic esters (lactones) is 1. The summed E-state index contributed by atoms with van der Waals surface area (Å²) in [6.07, 6.45) is 0.794. The lowest BCUT2D eigenvalue weighted by molar-refractivity contribution is -0.146. The third kappa shape index (κ3) is 2.97. The lowest BCUT2D eigenvalue weighted by Gasteiger charge is -2.26. The van der Waals surface area contributed by atoms with E-state index in [0.717, 1.165) is 18.5 Å². The number of carbonyl (C=O) groups is 1. The van der Waals surface area contributed by atoms with Gasteiger partial charge in [-0.05, 0) is 30.7 Å². The molecule has 0 bridgehead atoms. The van der Waals surface area contributed by atoms with E-state index in [4.69, 9.17) is 22.1 Å². The minimum absolute atomic E-state index is 0.222. The van der Waals surface area contributed by atoms with E-state index in [-0.39, 0.29) is 12.0 Å². The van der Waals surface area contributed by atoms with Crippen molar-refractivity contribution in [2.75, 3.05) is 13.2 Å². The summed E-state index contributed by atoms with van der Waals surface area (Å²) in [6, 6.07) is 6.41. The number of esters is 1. The molecule has 3 N–H and O–H groups in total. The van der Waals surface area contributed by atoms with E-state index < -0.39 is 6.04 Å². The third-order valence-electron chi connectivity index (χ3n) is 2.79. The molecule has 0 unspecified atom stereocenters. The van der Waals surface area contributed by atoms with E-state index in [0.29, 0.717) is 11.6 Å². The number of halogens is 1. The molecule has 0 aliphatic carbocycles. The molecule has 0 amide bonds. The Balaban J connectivity index is 2.21. The molecule has 2 atom stereocenters. The van der Waals surface area contributed by atoms with Crippen LogP contribution in [0.3, 0.4) is 0 Å². The van der Waals surface area contributed by atoms with Crippen LogP contribution in [0.15, 0.2) is 24.3 Å². The maximum atomic E-state index is 11.6. The van der Waals surface area contributed by atoms with Crippen LogP contribution in [-0.4, -0.2) is 25.2 Å². The Morgan fingerprint density at radius 3 is 2.76 bits per heavy atom. The fourth-order valence-electron chi connectivity index (χ4n) is 1.86. The molecule has 4 nitrogen and oxygen atoms in total. The van der Waals surface area contributed by atoms with Crippen LogP contribution in [0.25, 0.3) is 0 Å². The van der Waals surface area contributed by atoms with Gasteiger partial charge in [0.15, 0.2) is 0 Å². The summed E-state index contributed by atoms with van der Waals surface area (Å²) in [7, 11) is 0. The summed E-state index contributed by atoms with van der Waals surface area (Å²) in [4.78, 5) is 11.6. The first-order valence-corrected chi connectivity index (χ1v) is 5.97. The van der Waals surface area contributed by atoms with Crippen LogP contribution in [-0.2, 0) is 9.53 Å². The first-order valence-electron chi connectivity index (χ1n) is 5.59. The zero-order chi connectivity index (χ0) is 12.3. The van der Waals surface area contributed by atoms with Crippen LogP contribution in [0.5, 0.6) is 0 Å². The molecule has 0 radical (unpaired) electrons. The van der Waals surface area contributed by atoms with Crippen LogP contribution in [0.4, 0.5) is 0 Å². The molecule has 0 saturated carbocycles. The SMILES string of the molecule is N[C@H]1C(=O)OCCCN[C@H]1c1ccc(Cl)cc1. The highest BCUT2D eigenvalue weighted by Crippen LogP contribution is 2.20. The van der Waals surface area contributed by atoms with Gasteiger partial charge in [-0.1, -0.05) is 23.7 Å². The number of carbonyl (C=O) groups excluding carboxylic acids is 1. The van der Waals surface area contributed by atoms with Gasteiger partial charge in [0, 0.05) is 5.02 Å². The van der Waals surface area contributed by atoms with Gasteiger partial charge < -0.3 is 15.8 Å². The fraction of sp³-hybridized carbons (Fsp3) is 0.417. The number of nitrogens with one attached hydrogen (secondary N) is 1. The normalized spacial score (nSPS) is 25.9. The summed E-state index contributed by atoms with van der Waals surface area (Å²) < 4.78 is 5.04. The molecule has 0 spiro atoms. The highest BCUT2D eigenvalue weighted by Gasteiger charge is 2.28. The molecular weight excluding hydrogens is 240 g/mol. The minimum Gasteiger partial charge on any atom is -0.464 e. The van der Waals surface area contributed by atoms with Gasteiger partial charge in [0.25, 0.3) is 0 Å². The standard InChI is InChI=1S/C12H15ClN2O2/c13-9-4-2-8(3-5-9)11-10(14)12(16)17-7-1-6-15-11/h2-5,10-11,15H,1,6-7,14H2/t10-,11+/m1/s1. The highest BCUT2D eigenvalue weighted by atomic mass is 35.5. The molecule has 1 heterocycles. The van der Waals surface area contributed by atoms with Crippen molar-refractivity contribution in [3.8, 4) is 0 Å². The number of hydrogen-bond donors (Lipinski definition) is 2. The predicted molar refractivity (Wildman–Crippen MR) is 65.7 cm³/mol. The molecule has 1 fully saturated rings. The van der Waals surface area contributed by atoms with Gasteiger partial charge in [-0.2, -0.15) is 0 Å². The summed E-state index contributed by atoms with van der Waals surface area (Å²) in [5, 5.41) is 3.93. The number of nitrogens with two attached hydrogens (primary N) is 1. The molecule has 0 aromatic heterocycles. The van der Waals surface area contributed by atoms with Gasteiger partial charge in [0.2, 0.25) is 0 Å². The maximum Gasteiger partial charge on any atom is 0.324 e. The number of benzene rings is 1. The summed E-state index contributed by atoms with van der Waals surface area (Å²) in [5.41, 5.74) is 6.84. The molecular formula is C12H15ClN2O2. The lowest BCUT2D eigenvalue weighted by atomic mass is 9.99. The second-order valence-corrected chi connectivity index (χ2v) is 4.47. The molecule has 17 heavy (non-hydrogen) atoms. The average molecular weight is 255 g/mol. The topological polar surface area (TPSA) is 64.4 Å². The van der Waals surface area contributed by atoms with Crippen LogP contribution >= 0.6 is 11.6 Å². The minimum atomic E-state index is -0.684. The smallest absolute Gasteiger partial charge is 0.324 e. The van der Waals surface area contributed by atoms with Crippen molar-refractivity contribution in [2.24, 2.45) is 5.73 Å². The number of hydrogen-bond acceptors (Lipinski definition) is 4. The molecule has 1 aliphatic heterocycles. The van der Waals surface area contributed by atoms with E-state index in [1.54, 1.807) is 12.1 Å². The zero-order valence-corrected chi connectivity index (χ0v) is 10.1. The second-order valence-electron chi connectivity index (χ2n) is 4.03. The van der Waals surface area contributed by atoms with E-state index in [1.165, 1.54) is 0 Å². The molecule has 2 rings (SSSR count). The number of rotatable bonds is 1. The molecule has 1 aromatic rings. The van der Waals surface area contributed by atoms with Crippen LogP contribution in [0.1, 0.15) is 18.0 Å². The quantitative estimate of drug-likeness (QED) is 0.741. The Kier molecular flexibility index (Phi) is 3.99. The van der Waals surface area contributed by atoms with Crippen molar-refractivity contribution in [1.29, 1.82) is 0 Å². The van der Waals surface area contributed by atoms with E-state index in [1.807, 2.05) is 12.1 Å². The fourth-order valence-corrected chi connectivity index (χ4v) is 1.98. The van der Waals surface area contributed by atoms with E-state index in [9.17, 15) is 4.79 Å². The van der Waals surface area contributed by atoms with Gasteiger partial charge in [0.05, 0.1) is 12.6 Å².